The van der Waals surface area contributed by atoms with Crippen molar-refractivity contribution in [2.24, 2.45) is 34.6 Å². The zero-order valence-electron chi connectivity index (χ0n) is 18.6. The van der Waals surface area contributed by atoms with Crippen molar-refractivity contribution in [3.05, 3.63) is 23.3 Å². The van der Waals surface area contributed by atoms with Crippen molar-refractivity contribution in [1.29, 1.82) is 0 Å². The predicted octanol–water partition coefficient (Wildman–Crippen LogP) is 5.43. The van der Waals surface area contributed by atoms with Gasteiger partial charge in [0.1, 0.15) is 0 Å². The van der Waals surface area contributed by atoms with Crippen LogP contribution >= 0.6 is 11.9 Å². The minimum atomic E-state index is 0.101. The smallest absolute Gasteiger partial charge is 0.224 e. The van der Waals surface area contributed by atoms with Crippen LogP contribution in [0.15, 0.2) is 28.2 Å². The van der Waals surface area contributed by atoms with E-state index in [0.717, 1.165) is 42.7 Å². The van der Waals surface area contributed by atoms with Gasteiger partial charge in [-0.2, -0.15) is 0 Å². The Morgan fingerprint density at radius 2 is 2.00 bits per heavy atom. The van der Waals surface area contributed by atoms with Crippen molar-refractivity contribution in [2.45, 2.75) is 72.3 Å². The number of nitrogens with one attached hydrogen (secondary N) is 1. The second-order valence-corrected chi connectivity index (χ2v) is 10.6. The van der Waals surface area contributed by atoms with Crippen molar-refractivity contribution in [2.75, 3.05) is 13.1 Å². The molecule has 1 saturated heterocycles. The highest BCUT2D eigenvalue weighted by molar-refractivity contribution is 8.01. The second-order valence-electron chi connectivity index (χ2n) is 9.44. The first kappa shape index (κ1) is 22.6. The molecule has 4 nitrogen and oxygen atoms in total. The van der Waals surface area contributed by atoms with Crippen molar-refractivity contribution in [3.8, 4) is 0 Å². The summed E-state index contributed by atoms with van der Waals surface area (Å²) in [6.07, 6.45) is 15.2. The van der Waals surface area contributed by atoms with E-state index in [4.69, 9.17) is 0 Å². The van der Waals surface area contributed by atoms with Gasteiger partial charge in [0.25, 0.3) is 0 Å². The average Bonchev–Trinajstić information content (AvgIpc) is 2.69. The van der Waals surface area contributed by atoms with Crippen LogP contribution < -0.4 is 5.32 Å². The van der Waals surface area contributed by atoms with Crippen LogP contribution in [0.25, 0.3) is 0 Å². The molecule has 1 amide bonds. The van der Waals surface area contributed by atoms with E-state index in [2.05, 4.69) is 34.5 Å². The minimum absolute atomic E-state index is 0.101. The SMILES string of the molecule is CC=N/C=C(\C=C/C)SN1CCCC(C(=O)NC2C(C)CC3CC(C)CC2C3)C1. The molecule has 162 valence electrons. The summed E-state index contributed by atoms with van der Waals surface area (Å²) < 4.78 is 2.34. The predicted molar refractivity (Wildman–Crippen MR) is 125 cm³/mol. The molecule has 0 spiro atoms. The molecule has 1 heterocycles. The fraction of sp³-hybridized carbons (Fsp3) is 0.750. The van der Waals surface area contributed by atoms with Gasteiger partial charge in [0.15, 0.2) is 0 Å². The number of carbonyl (C=O) groups is 1. The van der Waals surface area contributed by atoms with Crippen LogP contribution in [0.5, 0.6) is 0 Å². The van der Waals surface area contributed by atoms with Gasteiger partial charge in [-0.3, -0.25) is 9.79 Å². The molecular formula is C24H39N3OS. The number of aliphatic imine (C=N–C) groups is 1. The van der Waals surface area contributed by atoms with E-state index >= 15 is 0 Å². The van der Waals surface area contributed by atoms with E-state index in [0.29, 0.717) is 17.9 Å². The molecule has 5 heteroatoms. The number of hydrogen-bond acceptors (Lipinski definition) is 4. The molecule has 3 rings (SSSR count). The molecule has 3 fully saturated rings. The molecule has 1 N–H and O–H groups in total. The summed E-state index contributed by atoms with van der Waals surface area (Å²) in [5.74, 6) is 3.38. The lowest BCUT2D eigenvalue weighted by molar-refractivity contribution is -0.128. The van der Waals surface area contributed by atoms with Crippen molar-refractivity contribution < 1.29 is 4.79 Å². The molecule has 2 bridgehead atoms. The lowest BCUT2D eigenvalue weighted by atomic mass is 9.63. The number of piperidine rings is 1. The van der Waals surface area contributed by atoms with E-state index in [1.54, 1.807) is 18.2 Å². The van der Waals surface area contributed by atoms with E-state index < -0.39 is 0 Å². The molecule has 0 aromatic heterocycles. The Bertz CT molecular complexity index is 640. The maximum atomic E-state index is 13.2. The summed E-state index contributed by atoms with van der Waals surface area (Å²) >= 11 is 1.73. The first-order chi connectivity index (χ1) is 14.0. The highest BCUT2D eigenvalue weighted by atomic mass is 32.2. The van der Waals surface area contributed by atoms with Crippen LogP contribution in [0.4, 0.5) is 0 Å². The van der Waals surface area contributed by atoms with Crippen LogP contribution in [-0.2, 0) is 4.79 Å². The van der Waals surface area contributed by atoms with E-state index in [-0.39, 0.29) is 11.8 Å². The third kappa shape index (κ3) is 6.21. The van der Waals surface area contributed by atoms with Gasteiger partial charge in [0.05, 0.1) is 5.92 Å². The molecule has 29 heavy (non-hydrogen) atoms. The molecule has 0 aromatic carbocycles. The Hall–Kier alpha value is -1.07. The summed E-state index contributed by atoms with van der Waals surface area (Å²) in [7, 11) is 0. The molecule has 6 atom stereocenters. The summed E-state index contributed by atoms with van der Waals surface area (Å²) in [6.45, 7) is 10.6. The zero-order valence-corrected chi connectivity index (χ0v) is 19.5. The van der Waals surface area contributed by atoms with Crippen molar-refractivity contribution >= 4 is 24.1 Å². The monoisotopic (exact) mass is 417 g/mol. The molecule has 3 aliphatic rings. The maximum absolute atomic E-state index is 13.2. The van der Waals surface area contributed by atoms with Gasteiger partial charge in [0, 0.05) is 36.5 Å². The third-order valence-corrected chi connectivity index (χ3v) is 7.93. The van der Waals surface area contributed by atoms with Gasteiger partial charge >= 0.3 is 0 Å². The van der Waals surface area contributed by atoms with Crippen LogP contribution in [0.2, 0.25) is 0 Å². The number of fused-ring (bicyclic) bond motifs is 2. The van der Waals surface area contributed by atoms with Gasteiger partial charge in [-0.1, -0.05) is 19.9 Å². The fourth-order valence-electron chi connectivity index (χ4n) is 5.77. The van der Waals surface area contributed by atoms with Crippen molar-refractivity contribution in [1.82, 2.24) is 9.62 Å². The lowest BCUT2D eigenvalue weighted by Gasteiger charge is -2.47. The van der Waals surface area contributed by atoms with Crippen LogP contribution in [0.3, 0.4) is 0 Å². The number of rotatable bonds is 6. The molecule has 2 aliphatic carbocycles. The van der Waals surface area contributed by atoms with Crippen molar-refractivity contribution in [3.63, 3.8) is 0 Å². The van der Waals surface area contributed by atoms with E-state index in [9.17, 15) is 4.79 Å². The summed E-state index contributed by atoms with van der Waals surface area (Å²) in [5, 5.41) is 3.52. The highest BCUT2D eigenvalue weighted by Gasteiger charge is 2.41. The summed E-state index contributed by atoms with van der Waals surface area (Å²) in [5.41, 5.74) is 0. The topological polar surface area (TPSA) is 44.7 Å². The Labute approximate surface area is 181 Å². The standard InChI is InChI=1S/C24H39N3OS/c1-5-8-22(15-25-6-2)29-27-10-7-9-20(16-27)24(28)26-23-18(4)13-19-11-17(3)12-21(23)14-19/h5-6,8,15,17-21,23H,7,9-14,16H2,1-4H3,(H,26,28)/b8-5-,22-15+,25-6?. The molecule has 2 saturated carbocycles. The number of nitrogens with zero attached hydrogens (tertiary/aromatic N) is 2. The summed E-state index contributed by atoms with van der Waals surface area (Å²) in [4.78, 5) is 18.6. The molecule has 6 unspecified atom stereocenters. The number of allylic oxidation sites excluding steroid dienone is 2. The average molecular weight is 418 g/mol. The first-order valence-corrected chi connectivity index (χ1v) is 12.3. The fourth-order valence-corrected chi connectivity index (χ4v) is 6.84. The zero-order chi connectivity index (χ0) is 20.8. The second kappa shape index (κ2) is 10.8. The Morgan fingerprint density at radius 1 is 1.17 bits per heavy atom. The van der Waals surface area contributed by atoms with E-state index in [1.165, 1.54) is 25.7 Å². The van der Waals surface area contributed by atoms with Gasteiger partial charge in [-0.05, 0) is 94.1 Å². The third-order valence-electron chi connectivity index (χ3n) is 6.88. The minimum Gasteiger partial charge on any atom is -0.353 e. The van der Waals surface area contributed by atoms with E-state index in [1.807, 2.05) is 26.1 Å². The Morgan fingerprint density at radius 3 is 2.76 bits per heavy atom. The normalized spacial score (nSPS) is 36.6. The Balaban J connectivity index is 1.58. The van der Waals surface area contributed by atoms with Gasteiger partial charge in [-0.15, -0.1) is 0 Å². The van der Waals surface area contributed by atoms with Crippen LogP contribution in [0.1, 0.15) is 66.2 Å². The highest BCUT2D eigenvalue weighted by Crippen LogP contribution is 2.45. The quantitative estimate of drug-likeness (QED) is 0.356. The largest absolute Gasteiger partial charge is 0.353 e. The maximum Gasteiger partial charge on any atom is 0.224 e. The molecular weight excluding hydrogens is 378 g/mol. The van der Waals surface area contributed by atoms with Crippen LogP contribution in [-0.4, -0.2) is 35.6 Å². The lowest BCUT2D eigenvalue weighted by Crippen LogP contribution is -2.53. The number of carbonyl (C=O) groups excluding carboxylic acids is 1. The number of hydrogen-bond donors (Lipinski definition) is 1. The van der Waals surface area contributed by atoms with Crippen LogP contribution in [0, 0.1) is 29.6 Å². The molecule has 0 aromatic rings. The first-order valence-electron chi connectivity index (χ1n) is 11.5. The van der Waals surface area contributed by atoms with Gasteiger partial charge in [-0.25, -0.2) is 4.31 Å². The summed E-state index contributed by atoms with van der Waals surface area (Å²) in [6, 6.07) is 0.377. The van der Waals surface area contributed by atoms with Gasteiger partial charge in [0.2, 0.25) is 5.91 Å². The molecule has 1 aliphatic heterocycles. The molecule has 0 radical (unpaired) electrons. The number of amides is 1. The van der Waals surface area contributed by atoms with Gasteiger partial charge < -0.3 is 5.32 Å². The Kier molecular flexibility index (Phi) is 8.43.